The lowest BCUT2D eigenvalue weighted by atomic mass is 9.95. The van der Waals surface area contributed by atoms with Gasteiger partial charge in [0.1, 0.15) is 11.3 Å². The summed E-state index contributed by atoms with van der Waals surface area (Å²) < 4.78 is 7.47. The highest BCUT2D eigenvalue weighted by Gasteiger charge is 2.31. The number of fused-ring (bicyclic) bond motifs is 3. The molecule has 0 radical (unpaired) electrons. The molecule has 5 rings (SSSR count). The first-order valence-corrected chi connectivity index (χ1v) is 10.8. The van der Waals surface area contributed by atoms with Gasteiger partial charge in [0.2, 0.25) is 5.88 Å². The Hall–Kier alpha value is -3.05. The van der Waals surface area contributed by atoms with E-state index >= 15 is 0 Å². The van der Waals surface area contributed by atoms with Crippen LogP contribution in [0.3, 0.4) is 0 Å². The number of rotatable bonds is 3. The lowest BCUT2D eigenvalue weighted by Gasteiger charge is -2.25. The van der Waals surface area contributed by atoms with E-state index in [1.54, 1.807) is 19.2 Å². The Bertz CT molecular complexity index is 1420. The second kappa shape index (κ2) is 7.57. The van der Waals surface area contributed by atoms with Crippen molar-refractivity contribution in [2.24, 2.45) is 0 Å². The van der Waals surface area contributed by atoms with Crippen molar-refractivity contribution in [2.75, 3.05) is 13.7 Å². The third kappa shape index (κ3) is 3.24. The molecule has 0 amide bonds. The van der Waals surface area contributed by atoms with Gasteiger partial charge in [0.25, 0.3) is 5.56 Å². The molecule has 8 nitrogen and oxygen atoms in total. The number of nitrogens with zero attached hydrogens (tertiary/aromatic N) is 1. The summed E-state index contributed by atoms with van der Waals surface area (Å²) in [5.41, 5.74) is 2.03. The minimum atomic E-state index is -0.690. The van der Waals surface area contributed by atoms with Crippen LogP contribution >= 0.6 is 22.6 Å². The molecule has 9 heteroatoms. The minimum absolute atomic E-state index is 0.0950. The summed E-state index contributed by atoms with van der Waals surface area (Å²) in [5.74, 6) is 0.369. The monoisotopic (exact) mass is 530 g/mol. The van der Waals surface area contributed by atoms with Crippen molar-refractivity contribution in [3.63, 3.8) is 0 Å². The Morgan fingerprint density at radius 1 is 1.13 bits per heavy atom. The number of methoxy groups -OCH3 is 1. The van der Waals surface area contributed by atoms with Crippen LogP contribution in [0.2, 0.25) is 0 Å². The summed E-state index contributed by atoms with van der Waals surface area (Å²) in [6, 6.07) is 12.3. The van der Waals surface area contributed by atoms with E-state index in [0.29, 0.717) is 12.2 Å². The molecular weight excluding hydrogens is 511 g/mol. The normalized spacial score (nSPS) is 15.7. The van der Waals surface area contributed by atoms with Gasteiger partial charge in [-0.15, -0.1) is 0 Å². The standard InChI is InChI=1S/C22H19IN4O4/c1-31-13-6-7-16-15(10-13)14-8-9-24-19(18(14)25-16)17-20(28)26-22(30)27(21(17)29)12-4-2-11(23)3-5-12/h2-7,10,19,24-25,29H,8-9H2,1H3,(H,26,28,30)/t19-/m0/s1. The molecule has 0 saturated carbocycles. The van der Waals surface area contributed by atoms with Gasteiger partial charge in [-0.3, -0.25) is 9.78 Å². The molecule has 0 spiro atoms. The number of aromatic amines is 2. The lowest BCUT2D eigenvalue weighted by molar-refractivity contribution is 0.409. The molecule has 0 bridgehead atoms. The zero-order valence-electron chi connectivity index (χ0n) is 16.5. The molecule has 2 aromatic heterocycles. The quantitative estimate of drug-likeness (QED) is 0.305. The molecule has 158 valence electrons. The summed E-state index contributed by atoms with van der Waals surface area (Å²) in [6.07, 6.45) is 0.758. The maximum Gasteiger partial charge on any atom is 0.335 e. The van der Waals surface area contributed by atoms with Gasteiger partial charge in [-0.25, -0.2) is 9.36 Å². The van der Waals surface area contributed by atoms with E-state index in [4.69, 9.17) is 4.74 Å². The Labute approximate surface area is 190 Å². The molecule has 4 N–H and O–H groups in total. The predicted octanol–water partition coefficient (Wildman–Crippen LogP) is 2.56. The van der Waals surface area contributed by atoms with Crippen LogP contribution < -0.4 is 21.3 Å². The fourth-order valence-electron chi connectivity index (χ4n) is 4.21. The second-order valence-electron chi connectivity index (χ2n) is 7.37. The third-order valence-corrected chi connectivity index (χ3v) is 6.37. The van der Waals surface area contributed by atoms with Crippen molar-refractivity contribution in [3.05, 3.63) is 83.7 Å². The molecule has 1 aliphatic heterocycles. The van der Waals surface area contributed by atoms with Crippen molar-refractivity contribution in [1.29, 1.82) is 0 Å². The van der Waals surface area contributed by atoms with E-state index in [2.05, 4.69) is 37.9 Å². The summed E-state index contributed by atoms with van der Waals surface area (Å²) >= 11 is 2.16. The van der Waals surface area contributed by atoms with Gasteiger partial charge in [0.05, 0.1) is 18.8 Å². The zero-order valence-corrected chi connectivity index (χ0v) is 18.7. The molecule has 0 aliphatic carbocycles. The molecule has 1 atom stereocenters. The highest BCUT2D eigenvalue weighted by atomic mass is 127. The largest absolute Gasteiger partial charge is 0.497 e. The second-order valence-corrected chi connectivity index (χ2v) is 8.62. The predicted molar refractivity (Wildman–Crippen MR) is 125 cm³/mol. The Morgan fingerprint density at radius 2 is 1.90 bits per heavy atom. The number of halogens is 1. The SMILES string of the molecule is COc1ccc2[nH]c3c(c2c1)CCN[C@H]3c1c(O)n(-c2ccc(I)cc2)c(=O)[nH]c1=O. The number of aromatic hydroxyl groups is 1. The molecular formula is C22H19IN4O4. The number of H-pyrrole nitrogens is 2. The van der Waals surface area contributed by atoms with E-state index in [9.17, 15) is 14.7 Å². The van der Waals surface area contributed by atoms with Gasteiger partial charge in [0.15, 0.2) is 0 Å². The Balaban J connectivity index is 1.72. The Kier molecular flexibility index (Phi) is 4.86. The fraction of sp³-hybridized carbons (Fsp3) is 0.182. The lowest BCUT2D eigenvalue weighted by Crippen LogP contribution is -2.38. The third-order valence-electron chi connectivity index (χ3n) is 5.65. The molecule has 0 fully saturated rings. The maximum absolute atomic E-state index is 12.8. The molecule has 2 aromatic carbocycles. The smallest absolute Gasteiger partial charge is 0.335 e. The number of aromatic nitrogens is 3. The average Bonchev–Trinajstić information content (AvgIpc) is 3.13. The van der Waals surface area contributed by atoms with Crippen LogP contribution in [-0.2, 0) is 6.42 Å². The Morgan fingerprint density at radius 3 is 2.65 bits per heavy atom. The number of hydrogen-bond donors (Lipinski definition) is 4. The highest BCUT2D eigenvalue weighted by Crippen LogP contribution is 2.36. The molecule has 4 aromatic rings. The van der Waals surface area contributed by atoms with Crippen LogP contribution in [-0.4, -0.2) is 33.3 Å². The van der Waals surface area contributed by atoms with Crippen LogP contribution in [0.4, 0.5) is 0 Å². The topological polar surface area (TPSA) is 112 Å². The van der Waals surface area contributed by atoms with Gasteiger partial charge in [-0.1, -0.05) is 0 Å². The maximum atomic E-state index is 12.8. The van der Waals surface area contributed by atoms with Crippen LogP contribution in [0.1, 0.15) is 22.9 Å². The molecule has 1 aliphatic rings. The van der Waals surface area contributed by atoms with Crippen LogP contribution in [0.15, 0.2) is 52.1 Å². The van der Waals surface area contributed by atoms with Gasteiger partial charge < -0.3 is 20.1 Å². The average molecular weight is 530 g/mol. The molecule has 31 heavy (non-hydrogen) atoms. The first-order chi connectivity index (χ1) is 15.0. The number of hydrogen-bond acceptors (Lipinski definition) is 5. The van der Waals surface area contributed by atoms with Crippen molar-refractivity contribution < 1.29 is 9.84 Å². The van der Waals surface area contributed by atoms with Crippen molar-refractivity contribution >= 4 is 33.5 Å². The van der Waals surface area contributed by atoms with E-state index in [-0.39, 0.29) is 11.4 Å². The van der Waals surface area contributed by atoms with E-state index in [1.165, 1.54) is 0 Å². The van der Waals surface area contributed by atoms with Gasteiger partial charge in [-0.2, -0.15) is 0 Å². The van der Waals surface area contributed by atoms with Gasteiger partial charge in [0, 0.05) is 26.7 Å². The molecule has 0 saturated heterocycles. The summed E-state index contributed by atoms with van der Waals surface area (Å²) in [4.78, 5) is 31.1. The molecule has 3 heterocycles. The van der Waals surface area contributed by atoms with Crippen LogP contribution in [0.5, 0.6) is 11.6 Å². The van der Waals surface area contributed by atoms with E-state index in [1.807, 2.05) is 30.3 Å². The fourth-order valence-corrected chi connectivity index (χ4v) is 4.57. The minimum Gasteiger partial charge on any atom is -0.497 e. The number of ether oxygens (including phenoxy) is 1. The van der Waals surface area contributed by atoms with Crippen molar-refractivity contribution in [3.8, 4) is 17.3 Å². The zero-order chi connectivity index (χ0) is 21.7. The highest BCUT2D eigenvalue weighted by molar-refractivity contribution is 14.1. The van der Waals surface area contributed by atoms with E-state index in [0.717, 1.165) is 42.5 Å². The summed E-state index contributed by atoms with van der Waals surface area (Å²) in [6.45, 7) is 0.614. The molecule has 0 unspecified atom stereocenters. The van der Waals surface area contributed by atoms with Crippen molar-refractivity contribution in [1.82, 2.24) is 19.9 Å². The number of benzene rings is 2. The van der Waals surface area contributed by atoms with E-state index < -0.39 is 17.3 Å². The van der Waals surface area contributed by atoms with Crippen molar-refractivity contribution in [2.45, 2.75) is 12.5 Å². The van der Waals surface area contributed by atoms with Crippen LogP contribution in [0, 0.1) is 3.57 Å². The van der Waals surface area contributed by atoms with Crippen LogP contribution in [0.25, 0.3) is 16.6 Å². The summed E-state index contributed by atoms with van der Waals surface area (Å²) in [7, 11) is 1.62. The van der Waals surface area contributed by atoms with Gasteiger partial charge in [-0.05, 0) is 77.0 Å². The first-order valence-electron chi connectivity index (χ1n) is 9.74. The van der Waals surface area contributed by atoms with Gasteiger partial charge >= 0.3 is 5.69 Å². The first kappa shape index (κ1) is 19.9. The summed E-state index contributed by atoms with van der Waals surface area (Å²) in [5, 5.41) is 15.4. The number of nitrogens with one attached hydrogen (secondary N) is 3.